The van der Waals surface area contributed by atoms with Gasteiger partial charge in [-0.3, -0.25) is 14.6 Å². The van der Waals surface area contributed by atoms with Crippen LogP contribution in [0.4, 0.5) is 5.69 Å². The Balaban J connectivity index is 1.51. The smallest absolute Gasteiger partial charge is 0.238 e. The molecule has 5 nitrogen and oxygen atoms in total. The van der Waals surface area contributed by atoms with Crippen molar-refractivity contribution < 1.29 is 9.53 Å². The number of amides is 1. The molecule has 1 N–H and O–H groups in total. The van der Waals surface area contributed by atoms with Gasteiger partial charge in [-0.1, -0.05) is 6.07 Å². The Morgan fingerprint density at radius 2 is 2.29 bits per heavy atom. The minimum Gasteiger partial charge on any atom is -0.497 e. The summed E-state index contributed by atoms with van der Waals surface area (Å²) in [6.07, 6.45) is 2.57. The molecule has 0 bridgehead atoms. The maximum absolute atomic E-state index is 12.2. The number of benzene rings is 1. The lowest BCUT2D eigenvalue weighted by molar-refractivity contribution is -0.117. The van der Waals surface area contributed by atoms with Crippen molar-refractivity contribution in [3.63, 3.8) is 0 Å². The van der Waals surface area contributed by atoms with Gasteiger partial charge in [0.1, 0.15) is 5.75 Å². The Hall–Kier alpha value is -1.59. The molecular formula is C16H23N3O2. The summed E-state index contributed by atoms with van der Waals surface area (Å²) in [5.41, 5.74) is 0.791. The molecule has 0 aliphatic carbocycles. The Kier molecular flexibility index (Phi) is 4.41. The van der Waals surface area contributed by atoms with Gasteiger partial charge in [-0.25, -0.2) is 0 Å². The Bertz CT molecular complexity index is 506. The third-order valence-corrected chi connectivity index (χ3v) is 4.39. The predicted molar refractivity (Wildman–Crippen MR) is 82.7 cm³/mol. The summed E-state index contributed by atoms with van der Waals surface area (Å²) >= 11 is 0. The number of piperazine rings is 1. The van der Waals surface area contributed by atoms with Gasteiger partial charge in [-0.05, 0) is 31.5 Å². The van der Waals surface area contributed by atoms with E-state index in [-0.39, 0.29) is 5.91 Å². The molecule has 114 valence electrons. The van der Waals surface area contributed by atoms with E-state index in [1.807, 2.05) is 24.3 Å². The van der Waals surface area contributed by atoms with Crippen LogP contribution in [0.3, 0.4) is 0 Å². The van der Waals surface area contributed by atoms with E-state index in [0.717, 1.165) is 31.1 Å². The molecule has 1 aromatic rings. The monoisotopic (exact) mass is 289 g/mol. The molecule has 1 unspecified atom stereocenters. The molecule has 5 heteroatoms. The van der Waals surface area contributed by atoms with E-state index in [0.29, 0.717) is 12.6 Å². The number of methoxy groups -OCH3 is 1. The molecule has 1 atom stereocenters. The van der Waals surface area contributed by atoms with Gasteiger partial charge in [-0.2, -0.15) is 0 Å². The first-order chi connectivity index (χ1) is 10.2. The number of carbonyl (C=O) groups is 1. The molecule has 0 radical (unpaired) electrons. The molecule has 21 heavy (non-hydrogen) atoms. The molecule has 1 amide bonds. The Morgan fingerprint density at radius 1 is 1.38 bits per heavy atom. The molecule has 2 aliphatic rings. The first-order valence-electron chi connectivity index (χ1n) is 7.65. The third-order valence-electron chi connectivity index (χ3n) is 4.39. The second-order valence-electron chi connectivity index (χ2n) is 5.85. The SMILES string of the molecule is COc1cccc(NC(=O)CN2CCN3CCCC3C2)c1. The summed E-state index contributed by atoms with van der Waals surface area (Å²) in [5.74, 6) is 0.807. The highest BCUT2D eigenvalue weighted by Crippen LogP contribution is 2.21. The van der Waals surface area contributed by atoms with Crippen molar-refractivity contribution in [1.29, 1.82) is 0 Å². The largest absolute Gasteiger partial charge is 0.497 e. The fraction of sp³-hybridized carbons (Fsp3) is 0.562. The summed E-state index contributed by atoms with van der Waals surface area (Å²) in [6.45, 7) is 4.81. The summed E-state index contributed by atoms with van der Waals surface area (Å²) in [5, 5.41) is 2.95. The van der Waals surface area contributed by atoms with Gasteiger partial charge in [0.25, 0.3) is 0 Å². The van der Waals surface area contributed by atoms with Crippen molar-refractivity contribution >= 4 is 11.6 Å². The van der Waals surface area contributed by atoms with Crippen LogP contribution in [0.15, 0.2) is 24.3 Å². The quantitative estimate of drug-likeness (QED) is 0.910. The van der Waals surface area contributed by atoms with Crippen LogP contribution < -0.4 is 10.1 Å². The lowest BCUT2D eigenvalue weighted by atomic mass is 10.1. The fourth-order valence-corrected chi connectivity index (χ4v) is 3.30. The highest BCUT2D eigenvalue weighted by Gasteiger charge is 2.30. The molecule has 0 spiro atoms. The van der Waals surface area contributed by atoms with Crippen LogP contribution >= 0.6 is 0 Å². The van der Waals surface area contributed by atoms with Gasteiger partial charge in [0, 0.05) is 37.4 Å². The van der Waals surface area contributed by atoms with Crippen LogP contribution in [0.5, 0.6) is 5.75 Å². The maximum atomic E-state index is 12.2. The van der Waals surface area contributed by atoms with E-state index >= 15 is 0 Å². The number of anilines is 1. The number of carbonyl (C=O) groups excluding carboxylic acids is 1. The minimum atomic E-state index is 0.0506. The van der Waals surface area contributed by atoms with Crippen LogP contribution in [0.25, 0.3) is 0 Å². The summed E-state index contributed by atoms with van der Waals surface area (Å²) in [7, 11) is 1.63. The zero-order chi connectivity index (χ0) is 14.7. The van der Waals surface area contributed by atoms with E-state index in [1.54, 1.807) is 7.11 Å². The molecule has 2 saturated heterocycles. The summed E-state index contributed by atoms with van der Waals surface area (Å²) in [4.78, 5) is 17.0. The lowest BCUT2D eigenvalue weighted by Gasteiger charge is -2.37. The van der Waals surface area contributed by atoms with Crippen molar-refractivity contribution in [1.82, 2.24) is 9.80 Å². The molecule has 2 fully saturated rings. The summed E-state index contributed by atoms with van der Waals surface area (Å²) < 4.78 is 5.17. The maximum Gasteiger partial charge on any atom is 0.238 e. The molecule has 0 saturated carbocycles. The second kappa shape index (κ2) is 6.45. The molecule has 0 aromatic heterocycles. The van der Waals surface area contributed by atoms with Gasteiger partial charge in [0.15, 0.2) is 0 Å². The van der Waals surface area contributed by atoms with Crippen LogP contribution in [-0.2, 0) is 4.79 Å². The van der Waals surface area contributed by atoms with Crippen molar-refractivity contribution in [3.05, 3.63) is 24.3 Å². The highest BCUT2D eigenvalue weighted by molar-refractivity contribution is 5.92. The normalized spacial score (nSPS) is 22.8. The molecule has 2 heterocycles. The van der Waals surface area contributed by atoms with E-state index < -0.39 is 0 Å². The second-order valence-corrected chi connectivity index (χ2v) is 5.85. The molecule has 1 aromatic carbocycles. The molecule has 2 aliphatic heterocycles. The zero-order valence-corrected chi connectivity index (χ0v) is 12.5. The van der Waals surface area contributed by atoms with E-state index in [1.165, 1.54) is 19.4 Å². The molecule has 3 rings (SSSR count). The predicted octanol–water partition coefficient (Wildman–Crippen LogP) is 1.41. The number of fused-ring (bicyclic) bond motifs is 1. The first kappa shape index (κ1) is 14.4. The van der Waals surface area contributed by atoms with E-state index in [2.05, 4.69) is 15.1 Å². The summed E-state index contributed by atoms with van der Waals surface area (Å²) in [6, 6.07) is 8.13. The molecular weight excluding hydrogens is 266 g/mol. The standard InChI is InChI=1S/C16H23N3O2/c1-21-15-6-2-4-13(10-15)17-16(20)12-18-8-9-19-7-3-5-14(19)11-18/h2,4,6,10,14H,3,5,7-9,11-12H2,1H3,(H,17,20). The van der Waals surface area contributed by atoms with Crippen molar-refractivity contribution in [2.24, 2.45) is 0 Å². The topological polar surface area (TPSA) is 44.8 Å². The van der Waals surface area contributed by atoms with Crippen molar-refractivity contribution in [2.75, 3.05) is 45.2 Å². The number of ether oxygens (including phenoxy) is 1. The van der Waals surface area contributed by atoms with Crippen molar-refractivity contribution in [2.45, 2.75) is 18.9 Å². The minimum absolute atomic E-state index is 0.0506. The van der Waals surface area contributed by atoms with Gasteiger partial charge in [0.2, 0.25) is 5.91 Å². The first-order valence-corrected chi connectivity index (χ1v) is 7.65. The lowest BCUT2D eigenvalue weighted by Crippen LogP contribution is -2.51. The highest BCUT2D eigenvalue weighted by atomic mass is 16.5. The Morgan fingerprint density at radius 3 is 3.14 bits per heavy atom. The Labute approximate surface area is 125 Å². The van der Waals surface area contributed by atoms with Crippen LogP contribution in [0.1, 0.15) is 12.8 Å². The average Bonchev–Trinajstić information content (AvgIpc) is 2.95. The van der Waals surface area contributed by atoms with E-state index in [9.17, 15) is 4.79 Å². The van der Waals surface area contributed by atoms with Gasteiger partial charge >= 0.3 is 0 Å². The number of hydrogen-bond acceptors (Lipinski definition) is 4. The van der Waals surface area contributed by atoms with Crippen LogP contribution in [0.2, 0.25) is 0 Å². The van der Waals surface area contributed by atoms with Gasteiger partial charge in [0.05, 0.1) is 13.7 Å². The van der Waals surface area contributed by atoms with Crippen LogP contribution in [0, 0.1) is 0 Å². The van der Waals surface area contributed by atoms with E-state index in [4.69, 9.17) is 4.74 Å². The van der Waals surface area contributed by atoms with Gasteiger partial charge < -0.3 is 10.1 Å². The number of rotatable bonds is 4. The number of hydrogen-bond donors (Lipinski definition) is 1. The third kappa shape index (κ3) is 3.54. The number of nitrogens with zero attached hydrogens (tertiary/aromatic N) is 2. The number of nitrogens with one attached hydrogen (secondary N) is 1. The fourth-order valence-electron chi connectivity index (χ4n) is 3.30. The zero-order valence-electron chi connectivity index (χ0n) is 12.5. The average molecular weight is 289 g/mol. The van der Waals surface area contributed by atoms with Crippen molar-refractivity contribution in [3.8, 4) is 5.75 Å². The van der Waals surface area contributed by atoms with Crippen LogP contribution in [-0.4, -0.2) is 61.6 Å². The van der Waals surface area contributed by atoms with Gasteiger partial charge in [-0.15, -0.1) is 0 Å².